The molecule has 0 heterocycles. The maximum Gasteiger partial charge on any atom is 0.115 e. The van der Waals surface area contributed by atoms with Gasteiger partial charge in [0.05, 0.1) is 5.71 Å². The molecule has 3 aliphatic carbocycles. The minimum absolute atomic E-state index is 0.173. The first-order chi connectivity index (χ1) is 10.6. The lowest BCUT2D eigenvalue weighted by Crippen LogP contribution is -2.37. The minimum Gasteiger partial charge on any atom is -0.508 e. The summed E-state index contributed by atoms with van der Waals surface area (Å²) in [6.07, 6.45) is 7.95. The Bertz CT molecular complexity index is 676. The number of oxime groups is 1. The van der Waals surface area contributed by atoms with E-state index in [4.69, 9.17) is 4.84 Å². The SMILES string of the molecule is CO/N=C1\CCC2C3=CCc4cc(O)ccc4C3CCC12C. The van der Waals surface area contributed by atoms with Gasteiger partial charge >= 0.3 is 0 Å². The second-order valence-corrected chi connectivity index (χ2v) is 7.11. The first kappa shape index (κ1) is 13.9. The Morgan fingerprint density at radius 3 is 3.00 bits per heavy atom. The molecule has 4 rings (SSSR count). The molecule has 0 bridgehead atoms. The monoisotopic (exact) mass is 297 g/mol. The molecule has 3 atom stereocenters. The largest absolute Gasteiger partial charge is 0.508 e. The predicted molar refractivity (Wildman–Crippen MR) is 87.1 cm³/mol. The summed E-state index contributed by atoms with van der Waals surface area (Å²) in [5, 5.41) is 14.0. The molecule has 3 heteroatoms. The molecule has 2 saturated carbocycles. The summed E-state index contributed by atoms with van der Waals surface area (Å²) in [6, 6.07) is 5.90. The second kappa shape index (κ2) is 4.87. The second-order valence-electron chi connectivity index (χ2n) is 7.11. The number of allylic oxidation sites excluding steroid dienone is 2. The van der Waals surface area contributed by atoms with Crippen molar-refractivity contribution >= 4 is 5.71 Å². The Morgan fingerprint density at radius 1 is 1.32 bits per heavy atom. The molecule has 3 aliphatic rings. The van der Waals surface area contributed by atoms with Crippen LogP contribution in [0.3, 0.4) is 0 Å². The van der Waals surface area contributed by atoms with Crippen molar-refractivity contribution in [3.05, 3.63) is 41.0 Å². The summed E-state index contributed by atoms with van der Waals surface area (Å²) in [4.78, 5) is 5.09. The van der Waals surface area contributed by atoms with Crippen LogP contribution in [0.15, 0.2) is 35.0 Å². The Balaban J connectivity index is 1.73. The molecule has 1 aromatic carbocycles. The van der Waals surface area contributed by atoms with Crippen LogP contribution in [0.1, 0.15) is 49.7 Å². The highest BCUT2D eigenvalue weighted by Gasteiger charge is 2.51. The van der Waals surface area contributed by atoms with E-state index in [2.05, 4.69) is 24.2 Å². The lowest BCUT2D eigenvalue weighted by molar-refractivity contribution is 0.198. The fourth-order valence-corrected chi connectivity index (χ4v) is 5.01. The number of rotatable bonds is 1. The molecule has 0 aromatic heterocycles. The van der Waals surface area contributed by atoms with Gasteiger partial charge < -0.3 is 9.94 Å². The predicted octanol–water partition coefficient (Wildman–Crippen LogP) is 4.17. The number of fused-ring (bicyclic) bond motifs is 5. The van der Waals surface area contributed by atoms with Gasteiger partial charge in [-0.1, -0.05) is 29.8 Å². The first-order valence-electron chi connectivity index (χ1n) is 8.25. The third kappa shape index (κ3) is 1.84. The molecular formula is C19H23NO2. The molecule has 1 N–H and O–H groups in total. The van der Waals surface area contributed by atoms with Crippen LogP contribution in [0.4, 0.5) is 0 Å². The van der Waals surface area contributed by atoms with E-state index in [9.17, 15) is 5.11 Å². The highest BCUT2D eigenvalue weighted by atomic mass is 16.6. The molecule has 3 unspecified atom stereocenters. The van der Waals surface area contributed by atoms with Crippen LogP contribution in [0.5, 0.6) is 5.75 Å². The van der Waals surface area contributed by atoms with Gasteiger partial charge in [0.15, 0.2) is 0 Å². The van der Waals surface area contributed by atoms with Gasteiger partial charge in [-0.2, -0.15) is 0 Å². The normalized spacial score (nSPS) is 34.6. The maximum atomic E-state index is 9.72. The van der Waals surface area contributed by atoms with Gasteiger partial charge in [0.25, 0.3) is 0 Å². The van der Waals surface area contributed by atoms with E-state index < -0.39 is 0 Å². The van der Waals surface area contributed by atoms with Gasteiger partial charge in [0.2, 0.25) is 0 Å². The maximum absolute atomic E-state index is 9.72. The Hall–Kier alpha value is -1.77. The number of hydrogen-bond acceptors (Lipinski definition) is 3. The number of benzene rings is 1. The van der Waals surface area contributed by atoms with Crippen molar-refractivity contribution in [1.82, 2.24) is 0 Å². The summed E-state index contributed by atoms with van der Waals surface area (Å²) in [6.45, 7) is 2.37. The van der Waals surface area contributed by atoms with Crippen LogP contribution in [0.25, 0.3) is 0 Å². The standard InChI is InChI=1S/C19H23NO2/c1-19-10-9-15-14-6-4-13(21)11-12(14)3-5-16(15)17(19)7-8-18(19)20-22-2/h4-6,11,15,17,21H,3,7-10H2,1-2H3/b20-18+. The van der Waals surface area contributed by atoms with Crippen LogP contribution < -0.4 is 0 Å². The molecule has 3 nitrogen and oxygen atoms in total. The van der Waals surface area contributed by atoms with Gasteiger partial charge in [-0.25, -0.2) is 0 Å². The molecule has 22 heavy (non-hydrogen) atoms. The van der Waals surface area contributed by atoms with E-state index in [0.717, 1.165) is 12.8 Å². The summed E-state index contributed by atoms with van der Waals surface area (Å²) < 4.78 is 0. The van der Waals surface area contributed by atoms with Gasteiger partial charge in [-0.3, -0.25) is 0 Å². The van der Waals surface area contributed by atoms with E-state index >= 15 is 0 Å². The average molecular weight is 297 g/mol. The topological polar surface area (TPSA) is 41.8 Å². The summed E-state index contributed by atoms with van der Waals surface area (Å²) in [5.41, 5.74) is 5.74. The quantitative estimate of drug-likeness (QED) is 0.624. The lowest BCUT2D eigenvalue weighted by atomic mass is 9.60. The molecule has 0 aliphatic heterocycles. The van der Waals surface area contributed by atoms with Crippen LogP contribution in [0.2, 0.25) is 0 Å². The van der Waals surface area contributed by atoms with Gasteiger partial charge in [-0.15, -0.1) is 0 Å². The zero-order valence-electron chi connectivity index (χ0n) is 13.3. The van der Waals surface area contributed by atoms with Crippen molar-refractivity contribution in [2.24, 2.45) is 16.5 Å². The molecule has 0 amide bonds. The molecule has 0 saturated heterocycles. The Kier molecular flexibility index (Phi) is 3.07. The van der Waals surface area contributed by atoms with Crippen LogP contribution in [-0.2, 0) is 11.3 Å². The fourth-order valence-electron chi connectivity index (χ4n) is 5.01. The summed E-state index contributed by atoms with van der Waals surface area (Å²) in [5.74, 6) is 1.51. The third-order valence-electron chi connectivity index (χ3n) is 6.12. The van der Waals surface area contributed by atoms with E-state index in [1.165, 1.54) is 36.1 Å². The molecule has 2 fully saturated rings. The molecule has 116 valence electrons. The van der Waals surface area contributed by atoms with E-state index in [0.29, 0.717) is 17.6 Å². The van der Waals surface area contributed by atoms with Crippen molar-refractivity contribution in [3.8, 4) is 5.75 Å². The summed E-state index contributed by atoms with van der Waals surface area (Å²) in [7, 11) is 1.65. The molecule has 0 radical (unpaired) electrons. The Labute approximate surface area is 131 Å². The Morgan fingerprint density at radius 2 is 2.18 bits per heavy atom. The smallest absolute Gasteiger partial charge is 0.115 e. The fraction of sp³-hybridized carbons (Fsp3) is 0.526. The van der Waals surface area contributed by atoms with E-state index in [1.54, 1.807) is 12.7 Å². The van der Waals surface area contributed by atoms with Crippen molar-refractivity contribution in [1.29, 1.82) is 0 Å². The van der Waals surface area contributed by atoms with E-state index in [-0.39, 0.29) is 5.41 Å². The zero-order valence-corrected chi connectivity index (χ0v) is 13.3. The average Bonchev–Trinajstić information content (AvgIpc) is 2.84. The van der Waals surface area contributed by atoms with Crippen molar-refractivity contribution < 1.29 is 9.94 Å². The van der Waals surface area contributed by atoms with Gasteiger partial charge in [0.1, 0.15) is 12.9 Å². The lowest BCUT2D eigenvalue weighted by Gasteiger charge is -2.44. The number of hydrogen-bond donors (Lipinski definition) is 1. The number of aromatic hydroxyl groups is 1. The van der Waals surface area contributed by atoms with Crippen LogP contribution in [-0.4, -0.2) is 17.9 Å². The molecular weight excluding hydrogens is 274 g/mol. The van der Waals surface area contributed by atoms with Crippen LogP contribution >= 0.6 is 0 Å². The highest BCUT2D eigenvalue weighted by molar-refractivity contribution is 5.92. The molecule has 0 spiro atoms. The summed E-state index contributed by atoms with van der Waals surface area (Å²) >= 11 is 0. The highest BCUT2D eigenvalue weighted by Crippen LogP contribution is 2.58. The van der Waals surface area contributed by atoms with E-state index in [1.807, 2.05) is 12.1 Å². The number of phenolic OH excluding ortho intramolecular Hbond substituents is 1. The minimum atomic E-state index is 0.173. The van der Waals surface area contributed by atoms with Crippen LogP contribution in [0, 0.1) is 11.3 Å². The van der Waals surface area contributed by atoms with Gasteiger partial charge in [0, 0.05) is 11.3 Å². The first-order valence-corrected chi connectivity index (χ1v) is 8.25. The van der Waals surface area contributed by atoms with Gasteiger partial charge in [-0.05, 0) is 61.3 Å². The van der Waals surface area contributed by atoms with Crippen molar-refractivity contribution in [2.45, 2.75) is 44.9 Å². The zero-order chi connectivity index (χ0) is 15.3. The van der Waals surface area contributed by atoms with Crippen molar-refractivity contribution in [2.75, 3.05) is 7.11 Å². The third-order valence-corrected chi connectivity index (χ3v) is 6.12. The van der Waals surface area contributed by atoms with Crippen molar-refractivity contribution in [3.63, 3.8) is 0 Å². The number of phenols is 1. The molecule has 1 aromatic rings. The number of nitrogens with zero attached hydrogens (tertiary/aromatic N) is 1.